The Kier molecular flexibility index (Phi) is 3.20. The third kappa shape index (κ3) is 2.28. The first-order valence-electron chi connectivity index (χ1n) is 6.85. The Labute approximate surface area is 118 Å². The summed E-state index contributed by atoms with van der Waals surface area (Å²) in [6.45, 7) is 0.950. The molecule has 2 N–H and O–H groups in total. The molecule has 2 aliphatic rings. The number of nitrogen functional groups attached to an aromatic ring is 1. The van der Waals surface area contributed by atoms with Crippen LogP contribution in [-0.4, -0.2) is 30.2 Å². The van der Waals surface area contributed by atoms with E-state index in [2.05, 4.69) is 0 Å². The maximum absolute atomic E-state index is 12.5. The van der Waals surface area contributed by atoms with Crippen LogP contribution in [-0.2, 0) is 27.7 Å². The number of carbonyl (C=O) groups is 1. The smallest absolute Gasteiger partial charge is 0.241 e. The third-order valence-electron chi connectivity index (χ3n) is 4.12. The second kappa shape index (κ2) is 4.77. The number of nitrogens with zero attached hydrogens (tertiary/aromatic N) is 1. The van der Waals surface area contributed by atoms with E-state index in [0.29, 0.717) is 31.6 Å². The summed E-state index contributed by atoms with van der Waals surface area (Å²) in [6, 6.07) is 5.58. The van der Waals surface area contributed by atoms with E-state index in [1.807, 2.05) is 18.2 Å². The van der Waals surface area contributed by atoms with Crippen molar-refractivity contribution in [3.05, 3.63) is 29.3 Å². The summed E-state index contributed by atoms with van der Waals surface area (Å²) in [5.41, 5.74) is 8.48. The highest BCUT2D eigenvalue weighted by Gasteiger charge is 2.38. The molecular formula is C14H18N2O3S. The molecule has 3 rings (SSSR count). The number of carbonyl (C=O) groups excluding carboxylic acids is 1. The second-order valence-corrected chi connectivity index (χ2v) is 7.88. The lowest BCUT2D eigenvalue weighted by Gasteiger charge is -2.26. The van der Waals surface area contributed by atoms with Crippen LogP contribution >= 0.6 is 0 Å². The van der Waals surface area contributed by atoms with E-state index in [1.54, 1.807) is 4.90 Å². The van der Waals surface area contributed by atoms with Crippen molar-refractivity contribution in [3.63, 3.8) is 0 Å². The number of sulfone groups is 1. The van der Waals surface area contributed by atoms with Gasteiger partial charge in [0.15, 0.2) is 9.84 Å². The molecule has 20 heavy (non-hydrogen) atoms. The Balaban J connectivity index is 1.80. The molecule has 0 bridgehead atoms. The minimum Gasteiger partial charge on any atom is -0.399 e. The van der Waals surface area contributed by atoms with Gasteiger partial charge in [-0.05, 0) is 36.1 Å². The highest BCUT2D eigenvalue weighted by Crippen LogP contribution is 2.28. The molecular weight excluding hydrogens is 276 g/mol. The van der Waals surface area contributed by atoms with Gasteiger partial charge in [0.05, 0.1) is 5.75 Å². The van der Waals surface area contributed by atoms with E-state index in [1.165, 1.54) is 0 Å². The zero-order valence-electron chi connectivity index (χ0n) is 11.2. The van der Waals surface area contributed by atoms with Gasteiger partial charge in [-0.3, -0.25) is 4.79 Å². The van der Waals surface area contributed by atoms with Gasteiger partial charge in [0.25, 0.3) is 0 Å². The summed E-state index contributed by atoms with van der Waals surface area (Å²) >= 11 is 0. The van der Waals surface area contributed by atoms with Crippen molar-refractivity contribution in [2.45, 2.75) is 37.6 Å². The maximum atomic E-state index is 12.5. The lowest BCUT2D eigenvalue weighted by molar-refractivity contribution is -0.131. The fourth-order valence-electron chi connectivity index (χ4n) is 3.01. The van der Waals surface area contributed by atoms with E-state index in [-0.39, 0.29) is 11.7 Å². The number of hydrogen-bond donors (Lipinski definition) is 1. The molecule has 1 aromatic carbocycles. The minimum atomic E-state index is -3.27. The number of benzene rings is 1. The van der Waals surface area contributed by atoms with E-state index >= 15 is 0 Å². The van der Waals surface area contributed by atoms with Crippen LogP contribution in [0.4, 0.5) is 5.69 Å². The fraction of sp³-hybridized carbons (Fsp3) is 0.500. The van der Waals surface area contributed by atoms with Crippen LogP contribution < -0.4 is 5.73 Å². The number of hydrogen-bond acceptors (Lipinski definition) is 4. The standard InChI is InChI=1S/C14H18N2O3S/c15-12-5-4-10-8-16(9-11(10)7-12)14(17)13-3-1-2-6-20(13,18)19/h4-5,7,13H,1-3,6,8-9,15H2. The van der Waals surface area contributed by atoms with E-state index in [0.717, 1.165) is 17.5 Å². The molecule has 1 atom stereocenters. The molecule has 0 aromatic heterocycles. The summed E-state index contributed by atoms with van der Waals surface area (Å²) in [4.78, 5) is 14.1. The van der Waals surface area contributed by atoms with Gasteiger partial charge < -0.3 is 10.6 Å². The Morgan fingerprint density at radius 1 is 1.20 bits per heavy atom. The summed E-state index contributed by atoms with van der Waals surface area (Å²) in [5.74, 6) is -0.114. The van der Waals surface area contributed by atoms with Crippen LogP contribution in [0, 0.1) is 0 Å². The number of amides is 1. The Morgan fingerprint density at radius 2 is 1.95 bits per heavy atom. The molecule has 108 valence electrons. The van der Waals surface area contributed by atoms with Gasteiger partial charge in [0, 0.05) is 18.8 Å². The molecule has 0 radical (unpaired) electrons. The van der Waals surface area contributed by atoms with Crippen molar-refractivity contribution in [3.8, 4) is 0 Å². The summed E-state index contributed by atoms with van der Waals surface area (Å²) in [7, 11) is -3.27. The number of anilines is 1. The maximum Gasteiger partial charge on any atom is 0.241 e. The Morgan fingerprint density at radius 3 is 2.70 bits per heavy atom. The number of fused-ring (bicyclic) bond motifs is 1. The van der Waals surface area contributed by atoms with Gasteiger partial charge in [0.2, 0.25) is 5.91 Å². The second-order valence-electron chi connectivity index (χ2n) is 5.57. The van der Waals surface area contributed by atoms with Crippen molar-refractivity contribution in [1.82, 2.24) is 4.90 Å². The molecule has 1 unspecified atom stereocenters. The largest absolute Gasteiger partial charge is 0.399 e. The third-order valence-corrected chi connectivity index (χ3v) is 6.28. The van der Waals surface area contributed by atoms with Gasteiger partial charge in [-0.1, -0.05) is 12.5 Å². The Hall–Kier alpha value is -1.56. The van der Waals surface area contributed by atoms with Crippen molar-refractivity contribution < 1.29 is 13.2 Å². The van der Waals surface area contributed by atoms with Crippen LogP contribution in [0.3, 0.4) is 0 Å². The van der Waals surface area contributed by atoms with Crippen LogP contribution in [0.25, 0.3) is 0 Å². The molecule has 2 aliphatic heterocycles. The first-order chi connectivity index (χ1) is 9.47. The lowest BCUT2D eigenvalue weighted by Crippen LogP contribution is -2.43. The molecule has 1 saturated heterocycles. The fourth-order valence-corrected chi connectivity index (χ4v) is 4.88. The monoisotopic (exact) mass is 294 g/mol. The van der Waals surface area contributed by atoms with Crippen molar-refractivity contribution >= 4 is 21.4 Å². The lowest BCUT2D eigenvalue weighted by atomic mass is 10.1. The number of nitrogens with two attached hydrogens (primary N) is 1. The summed E-state index contributed by atoms with van der Waals surface area (Å²) < 4.78 is 24.1. The van der Waals surface area contributed by atoms with Gasteiger partial charge in [-0.2, -0.15) is 0 Å². The first kappa shape index (κ1) is 13.4. The average Bonchev–Trinajstić information content (AvgIpc) is 2.80. The molecule has 0 aliphatic carbocycles. The summed E-state index contributed by atoms with van der Waals surface area (Å²) in [6.07, 6.45) is 1.93. The molecule has 2 heterocycles. The van der Waals surface area contributed by atoms with Crippen molar-refractivity contribution in [2.24, 2.45) is 0 Å². The van der Waals surface area contributed by atoms with Crippen molar-refractivity contribution in [2.75, 3.05) is 11.5 Å². The Bertz CT molecular complexity index is 654. The zero-order chi connectivity index (χ0) is 14.3. The molecule has 0 saturated carbocycles. The SMILES string of the molecule is Nc1ccc2c(c1)CN(C(=O)C1CCCCS1(=O)=O)C2. The topological polar surface area (TPSA) is 80.5 Å². The first-order valence-corrected chi connectivity index (χ1v) is 8.56. The normalized spacial score (nSPS) is 24.4. The van der Waals surface area contributed by atoms with E-state index in [4.69, 9.17) is 5.73 Å². The van der Waals surface area contributed by atoms with Crippen LogP contribution in [0.5, 0.6) is 0 Å². The average molecular weight is 294 g/mol. The van der Waals surface area contributed by atoms with Gasteiger partial charge >= 0.3 is 0 Å². The highest BCUT2D eigenvalue weighted by atomic mass is 32.2. The highest BCUT2D eigenvalue weighted by molar-refractivity contribution is 7.92. The molecule has 5 nitrogen and oxygen atoms in total. The van der Waals surface area contributed by atoms with Crippen molar-refractivity contribution in [1.29, 1.82) is 0 Å². The van der Waals surface area contributed by atoms with E-state index < -0.39 is 15.1 Å². The molecule has 0 spiro atoms. The van der Waals surface area contributed by atoms with E-state index in [9.17, 15) is 13.2 Å². The summed E-state index contributed by atoms with van der Waals surface area (Å²) in [5, 5.41) is -0.845. The molecule has 1 aromatic rings. The van der Waals surface area contributed by atoms with Crippen LogP contribution in [0.2, 0.25) is 0 Å². The minimum absolute atomic E-state index is 0.136. The van der Waals surface area contributed by atoms with Gasteiger partial charge in [0.1, 0.15) is 5.25 Å². The molecule has 1 amide bonds. The number of rotatable bonds is 1. The van der Waals surface area contributed by atoms with Crippen LogP contribution in [0.15, 0.2) is 18.2 Å². The predicted molar refractivity (Wildman–Crippen MR) is 76.5 cm³/mol. The molecule has 6 heteroatoms. The quantitative estimate of drug-likeness (QED) is 0.786. The van der Waals surface area contributed by atoms with Gasteiger partial charge in [-0.15, -0.1) is 0 Å². The predicted octanol–water partition coefficient (Wildman–Crippen LogP) is 1.08. The van der Waals surface area contributed by atoms with Gasteiger partial charge in [-0.25, -0.2) is 8.42 Å². The zero-order valence-corrected chi connectivity index (χ0v) is 12.0. The van der Waals surface area contributed by atoms with Crippen LogP contribution in [0.1, 0.15) is 30.4 Å². The molecule has 1 fully saturated rings.